The molecule has 2 aromatic heterocycles. The normalized spacial score (nSPS) is 11.9. The lowest BCUT2D eigenvalue weighted by atomic mass is 10.1. The molecule has 0 radical (unpaired) electrons. The van der Waals surface area contributed by atoms with Crippen molar-refractivity contribution in [3.05, 3.63) is 58.9 Å². The van der Waals surface area contributed by atoms with Crippen molar-refractivity contribution < 1.29 is 13.2 Å². The molecule has 0 N–H and O–H groups in total. The SMILES string of the molecule is Cc1ccc(-c2cc3nc(C(F)(F)F)ccc3c(Cl)n2)cc1. The van der Waals surface area contributed by atoms with Crippen molar-refractivity contribution in [3.63, 3.8) is 0 Å². The van der Waals surface area contributed by atoms with Crippen LogP contribution >= 0.6 is 11.6 Å². The quantitative estimate of drug-likeness (QED) is 0.570. The Morgan fingerprint density at radius 1 is 0.955 bits per heavy atom. The van der Waals surface area contributed by atoms with Gasteiger partial charge in [0.05, 0.1) is 11.2 Å². The van der Waals surface area contributed by atoms with Gasteiger partial charge in [0.15, 0.2) is 0 Å². The molecule has 3 rings (SSSR count). The van der Waals surface area contributed by atoms with Crippen LogP contribution < -0.4 is 0 Å². The standard InChI is InChI=1S/C16H10ClF3N2/c1-9-2-4-10(5-3-9)12-8-13-11(15(17)22-12)6-7-14(21-13)16(18,19)20/h2-8H,1H3. The number of fused-ring (bicyclic) bond motifs is 1. The topological polar surface area (TPSA) is 25.8 Å². The zero-order chi connectivity index (χ0) is 15.9. The van der Waals surface area contributed by atoms with Crippen LogP contribution in [0.1, 0.15) is 11.3 Å². The Bertz CT molecular complexity index is 842. The highest BCUT2D eigenvalue weighted by Crippen LogP contribution is 2.32. The number of halogens is 4. The fourth-order valence-corrected chi connectivity index (χ4v) is 2.37. The van der Waals surface area contributed by atoms with E-state index in [4.69, 9.17) is 11.6 Å². The average Bonchev–Trinajstić information content (AvgIpc) is 2.46. The van der Waals surface area contributed by atoms with Gasteiger partial charge in [-0.3, -0.25) is 0 Å². The van der Waals surface area contributed by atoms with Crippen LogP contribution in [0.4, 0.5) is 13.2 Å². The lowest BCUT2D eigenvalue weighted by molar-refractivity contribution is -0.140. The number of alkyl halides is 3. The number of rotatable bonds is 1. The van der Waals surface area contributed by atoms with Gasteiger partial charge in [0.2, 0.25) is 0 Å². The summed E-state index contributed by atoms with van der Waals surface area (Å²) in [5, 5.41) is 0.528. The van der Waals surface area contributed by atoms with Gasteiger partial charge in [0.25, 0.3) is 0 Å². The van der Waals surface area contributed by atoms with Crippen LogP contribution in [-0.4, -0.2) is 9.97 Å². The molecular weight excluding hydrogens is 313 g/mol. The van der Waals surface area contributed by atoms with Crippen LogP contribution in [0.5, 0.6) is 0 Å². The Hall–Kier alpha value is -2.14. The molecule has 0 spiro atoms. The summed E-state index contributed by atoms with van der Waals surface area (Å²) in [4.78, 5) is 7.90. The molecule has 22 heavy (non-hydrogen) atoms. The first-order valence-electron chi connectivity index (χ1n) is 6.46. The van der Waals surface area contributed by atoms with Crippen molar-refractivity contribution in [3.8, 4) is 11.3 Å². The Balaban J connectivity index is 2.19. The first-order chi connectivity index (χ1) is 10.3. The second kappa shape index (κ2) is 5.25. The van der Waals surface area contributed by atoms with E-state index < -0.39 is 11.9 Å². The van der Waals surface area contributed by atoms with Gasteiger partial charge >= 0.3 is 6.18 Å². The average molecular weight is 323 g/mol. The highest BCUT2D eigenvalue weighted by Gasteiger charge is 2.32. The van der Waals surface area contributed by atoms with Gasteiger partial charge in [-0.2, -0.15) is 13.2 Å². The van der Waals surface area contributed by atoms with E-state index in [2.05, 4.69) is 9.97 Å². The number of aromatic nitrogens is 2. The fourth-order valence-electron chi connectivity index (χ4n) is 2.12. The van der Waals surface area contributed by atoms with Gasteiger partial charge in [-0.1, -0.05) is 41.4 Å². The minimum Gasteiger partial charge on any atom is -0.243 e. The number of hydrogen-bond donors (Lipinski definition) is 0. The van der Waals surface area contributed by atoms with Crippen molar-refractivity contribution in [1.82, 2.24) is 9.97 Å². The van der Waals surface area contributed by atoms with Crippen molar-refractivity contribution in [2.45, 2.75) is 13.1 Å². The van der Waals surface area contributed by atoms with Gasteiger partial charge < -0.3 is 0 Å². The van der Waals surface area contributed by atoms with E-state index in [1.807, 2.05) is 31.2 Å². The maximum absolute atomic E-state index is 12.8. The lowest BCUT2D eigenvalue weighted by Gasteiger charge is -2.09. The molecule has 0 fully saturated rings. The van der Waals surface area contributed by atoms with Crippen molar-refractivity contribution >= 4 is 22.5 Å². The summed E-state index contributed by atoms with van der Waals surface area (Å²) in [6.07, 6.45) is -4.49. The minimum absolute atomic E-state index is 0.134. The summed E-state index contributed by atoms with van der Waals surface area (Å²) < 4.78 is 38.3. The number of pyridine rings is 2. The predicted molar refractivity (Wildman–Crippen MR) is 79.7 cm³/mol. The van der Waals surface area contributed by atoms with Crippen LogP contribution in [0.2, 0.25) is 5.15 Å². The fraction of sp³-hybridized carbons (Fsp3) is 0.125. The summed E-state index contributed by atoms with van der Waals surface area (Å²) >= 11 is 6.08. The van der Waals surface area contributed by atoms with Gasteiger partial charge in [-0.25, -0.2) is 9.97 Å². The number of benzene rings is 1. The van der Waals surface area contributed by atoms with E-state index in [-0.39, 0.29) is 10.7 Å². The van der Waals surface area contributed by atoms with E-state index in [1.165, 1.54) is 12.1 Å². The van der Waals surface area contributed by atoms with Gasteiger partial charge in [0, 0.05) is 10.9 Å². The molecule has 0 saturated heterocycles. The molecule has 0 aliphatic rings. The molecule has 0 unspecified atom stereocenters. The lowest BCUT2D eigenvalue weighted by Crippen LogP contribution is -2.07. The molecule has 0 aliphatic carbocycles. The minimum atomic E-state index is -4.49. The van der Waals surface area contributed by atoms with E-state index >= 15 is 0 Å². The zero-order valence-corrected chi connectivity index (χ0v) is 12.2. The summed E-state index contributed by atoms with van der Waals surface area (Å²) in [5.74, 6) is 0. The molecule has 0 aliphatic heterocycles. The molecule has 0 amide bonds. The van der Waals surface area contributed by atoms with E-state index in [1.54, 1.807) is 0 Å². The van der Waals surface area contributed by atoms with Crippen LogP contribution in [0.25, 0.3) is 22.2 Å². The largest absolute Gasteiger partial charge is 0.433 e. The van der Waals surface area contributed by atoms with Crippen molar-refractivity contribution in [2.75, 3.05) is 0 Å². The summed E-state index contributed by atoms with van der Waals surface area (Å²) in [6, 6.07) is 11.2. The molecule has 0 atom stereocenters. The highest BCUT2D eigenvalue weighted by molar-refractivity contribution is 6.34. The summed E-state index contributed by atoms with van der Waals surface area (Å²) in [6.45, 7) is 1.95. The molecule has 112 valence electrons. The zero-order valence-electron chi connectivity index (χ0n) is 11.4. The second-order valence-corrected chi connectivity index (χ2v) is 5.28. The van der Waals surface area contributed by atoms with Gasteiger partial charge in [-0.05, 0) is 25.1 Å². The molecule has 2 nitrogen and oxygen atoms in total. The Kier molecular flexibility index (Phi) is 3.53. The third-order valence-corrected chi connectivity index (χ3v) is 3.56. The third kappa shape index (κ3) is 2.76. The van der Waals surface area contributed by atoms with Crippen molar-refractivity contribution in [1.29, 1.82) is 0 Å². The maximum Gasteiger partial charge on any atom is 0.433 e. The Morgan fingerprint density at radius 2 is 1.64 bits per heavy atom. The Morgan fingerprint density at radius 3 is 2.27 bits per heavy atom. The van der Waals surface area contributed by atoms with Crippen LogP contribution in [0, 0.1) is 6.92 Å². The van der Waals surface area contributed by atoms with Crippen LogP contribution in [0.3, 0.4) is 0 Å². The van der Waals surface area contributed by atoms with Crippen LogP contribution in [-0.2, 0) is 6.18 Å². The number of nitrogens with zero attached hydrogens (tertiary/aromatic N) is 2. The van der Waals surface area contributed by atoms with E-state index in [9.17, 15) is 13.2 Å². The monoisotopic (exact) mass is 322 g/mol. The molecule has 0 bridgehead atoms. The van der Waals surface area contributed by atoms with E-state index in [0.717, 1.165) is 17.2 Å². The smallest absolute Gasteiger partial charge is 0.243 e. The van der Waals surface area contributed by atoms with Gasteiger partial charge in [-0.15, -0.1) is 0 Å². The maximum atomic E-state index is 12.8. The summed E-state index contributed by atoms with van der Waals surface area (Å²) in [7, 11) is 0. The molecule has 0 saturated carbocycles. The molecule has 2 heterocycles. The Labute approximate surface area is 129 Å². The van der Waals surface area contributed by atoms with Crippen molar-refractivity contribution in [2.24, 2.45) is 0 Å². The highest BCUT2D eigenvalue weighted by atomic mass is 35.5. The second-order valence-electron chi connectivity index (χ2n) is 4.93. The molecule has 6 heteroatoms. The first-order valence-corrected chi connectivity index (χ1v) is 6.84. The third-order valence-electron chi connectivity index (χ3n) is 3.28. The predicted octanol–water partition coefficient (Wildman–Crippen LogP) is 5.28. The van der Waals surface area contributed by atoms with E-state index in [0.29, 0.717) is 11.1 Å². The summed E-state index contributed by atoms with van der Waals surface area (Å²) in [5.41, 5.74) is 1.56. The number of aryl methyl sites for hydroxylation is 1. The molecule has 3 aromatic rings. The first kappa shape index (κ1) is 14.8. The molecular formula is C16H10ClF3N2. The van der Waals surface area contributed by atoms with Gasteiger partial charge in [0.1, 0.15) is 10.8 Å². The van der Waals surface area contributed by atoms with Crippen LogP contribution in [0.15, 0.2) is 42.5 Å². The number of hydrogen-bond acceptors (Lipinski definition) is 2. The molecule has 1 aromatic carbocycles.